The molecule has 300 valence electrons. The number of aromatic nitrogens is 2. The fourth-order valence-electron chi connectivity index (χ4n) is 8.85. The lowest BCUT2D eigenvalue weighted by Gasteiger charge is -2.25. The Balaban J connectivity index is 0.936. The van der Waals surface area contributed by atoms with Gasteiger partial charge in [0.1, 0.15) is 31.1 Å². The second-order valence-electron chi connectivity index (χ2n) is 16.8. The lowest BCUT2D eigenvalue weighted by Crippen LogP contribution is -2.41. The molecule has 2 heterocycles. The van der Waals surface area contributed by atoms with Crippen LogP contribution in [0.4, 0.5) is 0 Å². The maximum Gasteiger partial charge on any atom is 0.147 e. The summed E-state index contributed by atoms with van der Waals surface area (Å²) in [5.41, 5.74) is 10.8. The summed E-state index contributed by atoms with van der Waals surface area (Å²) in [4.78, 5) is 0. The van der Waals surface area contributed by atoms with E-state index in [0.717, 1.165) is 88.4 Å². The number of hydrogen-bond donors (Lipinski definition) is 2. The highest BCUT2D eigenvalue weighted by atomic mass is 28.3. The quantitative estimate of drug-likeness (QED) is 0.135. The van der Waals surface area contributed by atoms with Gasteiger partial charge in [-0.3, -0.25) is 0 Å². The van der Waals surface area contributed by atoms with E-state index in [1.807, 2.05) is 97.1 Å². The topological polar surface area (TPSA) is 68.8 Å². The van der Waals surface area contributed by atoms with Crippen LogP contribution in [-0.4, -0.2) is 39.9 Å². The van der Waals surface area contributed by atoms with Crippen LogP contribution in [0, 0.1) is 13.8 Å². The number of fused-ring (bicyclic) bond motifs is 6. The lowest BCUT2D eigenvalue weighted by molar-refractivity contribution is 0.346. The van der Waals surface area contributed by atoms with Crippen LogP contribution in [0.2, 0.25) is 13.1 Å². The zero-order chi connectivity index (χ0) is 41.8. The first-order chi connectivity index (χ1) is 29.7. The molecular formula is C54H46N2O4Si. The zero-order valence-corrected chi connectivity index (χ0v) is 35.7. The first-order valence-electron chi connectivity index (χ1n) is 20.8. The first kappa shape index (κ1) is 38.0. The summed E-state index contributed by atoms with van der Waals surface area (Å²) < 4.78 is 17.7. The molecule has 2 N–H and O–H groups in total. The molecule has 61 heavy (non-hydrogen) atoms. The highest BCUT2D eigenvalue weighted by molar-refractivity contribution is 6.77. The number of aryl methyl sites for hydroxylation is 2. The number of phenols is 2. The van der Waals surface area contributed by atoms with Crippen LogP contribution in [0.1, 0.15) is 11.1 Å². The fourth-order valence-corrected chi connectivity index (χ4v) is 10.0. The Kier molecular flexibility index (Phi) is 9.41. The Bertz CT molecular complexity index is 2980. The van der Waals surface area contributed by atoms with Gasteiger partial charge in [-0.15, -0.1) is 0 Å². The van der Waals surface area contributed by atoms with Crippen LogP contribution in [0.3, 0.4) is 0 Å². The van der Waals surface area contributed by atoms with E-state index in [1.54, 1.807) is 0 Å². The smallest absolute Gasteiger partial charge is 0.147 e. The van der Waals surface area contributed by atoms with Gasteiger partial charge in [0.2, 0.25) is 0 Å². The predicted octanol–water partition coefficient (Wildman–Crippen LogP) is 13.5. The molecule has 0 saturated carbocycles. The van der Waals surface area contributed by atoms with Crippen LogP contribution < -0.4 is 9.47 Å². The Labute approximate surface area is 356 Å². The minimum atomic E-state index is -2.17. The van der Waals surface area contributed by atoms with Crippen molar-refractivity contribution in [3.8, 4) is 56.6 Å². The van der Waals surface area contributed by atoms with Crippen LogP contribution in [0.5, 0.6) is 23.0 Å². The van der Waals surface area contributed by atoms with E-state index in [1.165, 1.54) is 0 Å². The van der Waals surface area contributed by atoms with Crippen molar-refractivity contribution < 1.29 is 19.7 Å². The minimum Gasteiger partial charge on any atom is -0.505 e. The van der Waals surface area contributed by atoms with E-state index in [9.17, 15) is 10.2 Å². The van der Waals surface area contributed by atoms with E-state index in [-0.39, 0.29) is 11.5 Å². The number of rotatable bonds is 10. The molecule has 0 radical (unpaired) electrons. The number of phenolic OH excluding ortho intramolecular Hbond substituents is 2. The van der Waals surface area contributed by atoms with E-state index in [2.05, 4.69) is 109 Å². The van der Waals surface area contributed by atoms with E-state index >= 15 is 0 Å². The number of benzene rings is 8. The summed E-state index contributed by atoms with van der Waals surface area (Å²) in [6.45, 7) is 8.65. The van der Waals surface area contributed by atoms with Crippen LogP contribution >= 0.6 is 0 Å². The van der Waals surface area contributed by atoms with E-state index in [4.69, 9.17) is 9.47 Å². The molecule has 0 aliphatic heterocycles. The SMILES string of the molecule is Cc1cc(-c2ccccc2OC[Si](C)(C)COc2ccccc2-c2cc(C)cc(-n3c4ccccc4c4ccccc43)c2O)c(O)c(-n2c3ccccc3c3ccccc32)c1. The van der Waals surface area contributed by atoms with Gasteiger partial charge in [0, 0.05) is 43.8 Å². The molecule has 0 saturated heterocycles. The third-order valence-electron chi connectivity index (χ3n) is 11.7. The van der Waals surface area contributed by atoms with Crippen molar-refractivity contribution in [2.75, 3.05) is 12.5 Å². The molecule has 0 bridgehead atoms. The molecule has 10 rings (SSSR count). The van der Waals surface area contributed by atoms with Gasteiger partial charge in [-0.25, -0.2) is 0 Å². The van der Waals surface area contributed by atoms with Crippen molar-refractivity contribution in [3.05, 3.63) is 181 Å². The molecule has 0 spiro atoms. The van der Waals surface area contributed by atoms with E-state index < -0.39 is 8.07 Å². The van der Waals surface area contributed by atoms with Crippen molar-refractivity contribution in [3.63, 3.8) is 0 Å². The Hall–Kier alpha value is -7.22. The normalized spacial score (nSPS) is 11.9. The maximum absolute atomic E-state index is 12.1. The van der Waals surface area contributed by atoms with Crippen LogP contribution in [-0.2, 0) is 0 Å². The number of hydrogen-bond acceptors (Lipinski definition) is 4. The Morgan fingerprint density at radius 2 is 0.721 bits per heavy atom. The second kappa shape index (κ2) is 15.1. The molecule has 0 aliphatic rings. The maximum atomic E-state index is 12.1. The predicted molar refractivity (Wildman–Crippen MR) is 254 cm³/mol. The first-order valence-corrected chi connectivity index (χ1v) is 24.2. The second-order valence-corrected chi connectivity index (χ2v) is 21.7. The van der Waals surface area contributed by atoms with Crippen LogP contribution in [0.25, 0.3) is 77.2 Å². The Morgan fingerprint density at radius 1 is 0.410 bits per heavy atom. The molecule has 0 fully saturated rings. The average Bonchev–Trinajstić information content (AvgIpc) is 3.80. The van der Waals surface area contributed by atoms with Gasteiger partial charge in [-0.2, -0.15) is 0 Å². The summed E-state index contributed by atoms with van der Waals surface area (Å²) in [5.74, 6) is 1.82. The molecule has 8 aromatic carbocycles. The average molecular weight is 815 g/mol. The molecule has 10 aromatic rings. The zero-order valence-electron chi connectivity index (χ0n) is 34.7. The van der Waals surface area contributed by atoms with Gasteiger partial charge >= 0.3 is 0 Å². The van der Waals surface area contributed by atoms with Crippen molar-refractivity contribution in [2.45, 2.75) is 26.9 Å². The number of nitrogens with zero attached hydrogens (tertiary/aromatic N) is 2. The molecular weight excluding hydrogens is 769 g/mol. The van der Waals surface area contributed by atoms with Gasteiger partial charge in [-0.1, -0.05) is 122 Å². The third kappa shape index (κ3) is 6.68. The van der Waals surface area contributed by atoms with Crippen molar-refractivity contribution in [2.24, 2.45) is 0 Å². The summed E-state index contributed by atoms with van der Waals surface area (Å²) >= 11 is 0. The Morgan fingerprint density at radius 3 is 1.08 bits per heavy atom. The van der Waals surface area contributed by atoms with Gasteiger partial charge in [0.15, 0.2) is 0 Å². The van der Waals surface area contributed by atoms with Crippen molar-refractivity contribution in [1.82, 2.24) is 9.13 Å². The lowest BCUT2D eigenvalue weighted by atomic mass is 10.00. The van der Waals surface area contributed by atoms with Crippen LogP contribution in [0.15, 0.2) is 170 Å². The molecule has 0 aliphatic carbocycles. The minimum absolute atomic E-state index is 0.199. The summed E-state index contributed by atoms with van der Waals surface area (Å²) in [7, 11) is -2.17. The monoisotopic (exact) mass is 814 g/mol. The molecule has 2 aromatic heterocycles. The third-order valence-corrected chi connectivity index (χ3v) is 13.6. The van der Waals surface area contributed by atoms with Gasteiger partial charge in [0.25, 0.3) is 0 Å². The van der Waals surface area contributed by atoms with Gasteiger partial charge in [0.05, 0.1) is 45.9 Å². The molecule has 0 atom stereocenters. The molecule has 0 unspecified atom stereocenters. The van der Waals surface area contributed by atoms with Crippen molar-refractivity contribution in [1.29, 1.82) is 0 Å². The highest BCUT2D eigenvalue weighted by Gasteiger charge is 2.27. The summed E-state index contributed by atoms with van der Waals surface area (Å²) in [5, 5.41) is 28.8. The number of aromatic hydroxyl groups is 2. The van der Waals surface area contributed by atoms with Gasteiger partial charge in [-0.05, 0) is 85.6 Å². The largest absolute Gasteiger partial charge is 0.505 e. The standard InChI is InChI=1S/C54H46N2O4Si/c1-35-29-43(53(57)49(31-35)55-45-23-11-5-17-37(45)38-18-6-12-24-46(38)55)41-21-9-15-27-51(41)59-33-61(3,4)34-60-52-28-16-10-22-42(52)44-30-36(2)32-50(54(44)58)56-47-25-13-7-19-39(47)40-20-8-14-26-48(40)56/h5-32,57-58H,33-34H2,1-4H3. The molecule has 7 heteroatoms. The highest BCUT2D eigenvalue weighted by Crippen LogP contribution is 2.45. The summed E-state index contributed by atoms with van der Waals surface area (Å²) in [6, 6.07) is 57.4. The van der Waals surface area contributed by atoms with E-state index in [0.29, 0.717) is 24.0 Å². The molecule has 6 nitrogen and oxygen atoms in total. The molecule has 0 amide bonds. The van der Waals surface area contributed by atoms with Crippen molar-refractivity contribution >= 4 is 51.7 Å². The number of ether oxygens (including phenoxy) is 2. The van der Waals surface area contributed by atoms with Gasteiger partial charge < -0.3 is 28.8 Å². The number of para-hydroxylation sites is 6. The fraction of sp³-hybridized carbons (Fsp3) is 0.111. The summed E-state index contributed by atoms with van der Waals surface area (Å²) in [6.07, 6.45) is 0.984.